The van der Waals surface area contributed by atoms with Crippen molar-refractivity contribution in [2.24, 2.45) is 0 Å². The van der Waals surface area contributed by atoms with Crippen LogP contribution in [0.1, 0.15) is 6.92 Å². The number of carbonyl (C=O) groups excluding carboxylic acids is 2. The molecule has 7 nitrogen and oxygen atoms in total. The lowest BCUT2D eigenvalue weighted by Crippen LogP contribution is -2.36. The monoisotopic (exact) mass is 371 g/mol. The average Bonchev–Trinajstić information content (AvgIpc) is 2.65. The predicted molar refractivity (Wildman–Crippen MR) is 107 cm³/mol. The highest BCUT2D eigenvalue weighted by Crippen LogP contribution is 2.29. The first kappa shape index (κ1) is 20.1. The number of amides is 2. The van der Waals surface area contributed by atoms with Gasteiger partial charge < -0.3 is 24.6 Å². The molecule has 0 bridgehead atoms. The lowest BCUT2D eigenvalue weighted by molar-refractivity contribution is -0.120. The van der Waals surface area contributed by atoms with Gasteiger partial charge >= 0.3 is 0 Å². The zero-order chi connectivity index (χ0) is 20.0. The molecule has 0 radical (unpaired) electrons. The molecule has 2 aromatic carbocycles. The summed E-state index contributed by atoms with van der Waals surface area (Å²) in [4.78, 5) is 28.0. The number of nitrogens with zero attached hydrogens (tertiary/aromatic N) is 2. The van der Waals surface area contributed by atoms with E-state index in [-0.39, 0.29) is 18.4 Å². The number of carbonyl (C=O) groups is 2. The molecule has 0 aliphatic carbocycles. The summed E-state index contributed by atoms with van der Waals surface area (Å²) < 4.78 is 10.4. The Morgan fingerprint density at radius 2 is 1.59 bits per heavy atom. The second-order valence-corrected chi connectivity index (χ2v) is 6.13. The van der Waals surface area contributed by atoms with Gasteiger partial charge in [0.1, 0.15) is 18.0 Å². The fourth-order valence-corrected chi connectivity index (χ4v) is 2.56. The number of hydrogen-bond acceptors (Lipinski definition) is 5. The van der Waals surface area contributed by atoms with Crippen LogP contribution in [0, 0.1) is 0 Å². The lowest BCUT2D eigenvalue weighted by atomic mass is 10.2. The van der Waals surface area contributed by atoms with Gasteiger partial charge in [0.05, 0.1) is 19.9 Å². The van der Waals surface area contributed by atoms with Gasteiger partial charge in [-0.05, 0) is 36.4 Å². The fourth-order valence-electron chi connectivity index (χ4n) is 2.56. The Balaban J connectivity index is 2.17. The van der Waals surface area contributed by atoms with E-state index < -0.39 is 0 Å². The van der Waals surface area contributed by atoms with Gasteiger partial charge in [0.25, 0.3) is 0 Å². The van der Waals surface area contributed by atoms with Gasteiger partial charge in [0.15, 0.2) is 0 Å². The van der Waals surface area contributed by atoms with E-state index in [1.807, 2.05) is 43.3 Å². The highest BCUT2D eigenvalue weighted by Gasteiger charge is 2.17. The number of anilines is 3. The standard InChI is InChI=1S/C20H25N3O4/c1-14(24)23(16-8-6-15(7-9-16)22(2)3)13-20(25)21-18-12-17(26-4)10-11-19(18)27-5/h6-12H,13H2,1-5H3,(H,21,25). The van der Waals surface area contributed by atoms with Crippen molar-refractivity contribution >= 4 is 28.9 Å². The first-order valence-corrected chi connectivity index (χ1v) is 8.43. The second-order valence-electron chi connectivity index (χ2n) is 6.13. The van der Waals surface area contributed by atoms with Crippen LogP contribution in [0.4, 0.5) is 17.1 Å². The summed E-state index contributed by atoms with van der Waals surface area (Å²) in [5.74, 6) is 0.538. The largest absolute Gasteiger partial charge is 0.497 e. The zero-order valence-corrected chi connectivity index (χ0v) is 16.3. The molecule has 144 valence electrons. The minimum Gasteiger partial charge on any atom is -0.497 e. The van der Waals surface area contributed by atoms with Crippen molar-refractivity contribution in [1.29, 1.82) is 0 Å². The van der Waals surface area contributed by atoms with Gasteiger partial charge in [-0.2, -0.15) is 0 Å². The molecule has 0 aliphatic rings. The minimum absolute atomic E-state index is 0.114. The van der Waals surface area contributed by atoms with Crippen molar-refractivity contribution in [3.05, 3.63) is 42.5 Å². The molecule has 0 aliphatic heterocycles. The van der Waals surface area contributed by atoms with E-state index in [2.05, 4.69) is 5.32 Å². The smallest absolute Gasteiger partial charge is 0.244 e. The summed E-state index contributed by atoms with van der Waals surface area (Å²) >= 11 is 0. The first-order chi connectivity index (χ1) is 12.8. The third-order valence-corrected chi connectivity index (χ3v) is 4.04. The Hall–Kier alpha value is -3.22. The van der Waals surface area contributed by atoms with Gasteiger partial charge in [-0.25, -0.2) is 0 Å². The molecule has 0 atom stereocenters. The highest BCUT2D eigenvalue weighted by molar-refractivity contribution is 6.02. The highest BCUT2D eigenvalue weighted by atomic mass is 16.5. The second kappa shape index (κ2) is 8.93. The van der Waals surface area contributed by atoms with Crippen LogP contribution < -0.4 is 24.6 Å². The molecule has 0 fully saturated rings. The quantitative estimate of drug-likeness (QED) is 0.810. The van der Waals surface area contributed by atoms with Crippen LogP contribution in [0.15, 0.2) is 42.5 Å². The van der Waals surface area contributed by atoms with Crippen LogP contribution >= 0.6 is 0 Å². The molecule has 0 saturated carbocycles. The first-order valence-electron chi connectivity index (χ1n) is 8.43. The molecule has 1 N–H and O–H groups in total. The third-order valence-electron chi connectivity index (χ3n) is 4.04. The SMILES string of the molecule is COc1ccc(OC)c(NC(=O)CN(C(C)=O)c2ccc(N(C)C)cc2)c1. The van der Waals surface area contributed by atoms with Crippen molar-refractivity contribution < 1.29 is 19.1 Å². The van der Waals surface area contributed by atoms with E-state index in [0.29, 0.717) is 22.9 Å². The van der Waals surface area contributed by atoms with Gasteiger partial charge in [0.2, 0.25) is 11.8 Å². The zero-order valence-electron chi connectivity index (χ0n) is 16.3. The van der Waals surface area contributed by atoms with Gasteiger partial charge in [-0.3, -0.25) is 9.59 Å². The van der Waals surface area contributed by atoms with Crippen LogP contribution in [-0.4, -0.2) is 46.7 Å². The maximum absolute atomic E-state index is 12.5. The molecule has 0 aromatic heterocycles. The summed E-state index contributed by atoms with van der Waals surface area (Å²) in [6.07, 6.45) is 0. The number of hydrogen-bond donors (Lipinski definition) is 1. The van der Waals surface area contributed by atoms with Crippen LogP contribution in [0.25, 0.3) is 0 Å². The Morgan fingerprint density at radius 3 is 2.11 bits per heavy atom. The number of nitrogens with one attached hydrogen (secondary N) is 1. The van der Waals surface area contributed by atoms with Crippen molar-refractivity contribution in [1.82, 2.24) is 0 Å². The maximum atomic E-state index is 12.5. The van der Waals surface area contributed by atoms with Crippen LogP contribution in [0.3, 0.4) is 0 Å². The Morgan fingerprint density at radius 1 is 0.963 bits per heavy atom. The number of ether oxygens (including phenoxy) is 2. The molecule has 0 heterocycles. The average molecular weight is 371 g/mol. The maximum Gasteiger partial charge on any atom is 0.244 e. The lowest BCUT2D eigenvalue weighted by Gasteiger charge is -2.22. The summed E-state index contributed by atoms with van der Waals surface area (Å²) in [6.45, 7) is 1.32. The predicted octanol–water partition coefficient (Wildman–Crippen LogP) is 2.76. The number of methoxy groups -OCH3 is 2. The molecule has 0 saturated heterocycles. The molecule has 0 unspecified atom stereocenters. The van der Waals surface area contributed by atoms with E-state index in [0.717, 1.165) is 5.69 Å². The van der Waals surface area contributed by atoms with Crippen molar-refractivity contribution in [3.63, 3.8) is 0 Å². The molecule has 2 rings (SSSR count). The van der Waals surface area contributed by atoms with E-state index in [1.54, 1.807) is 25.3 Å². The summed E-state index contributed by atoms with van der Waals surface area (Å²) in [5, 5.41) is 2.77. The Kier molecular flexibility index (Phi) is 6.65. The van der Waals surface area contributed by atoms with Crippen LogP contribution in [-0.2, 0) is 9.59 Å². The molecular formula is C20H25N3O4. The van der Waals surface area contributed by atoms with Crippen molar-refractivity contribution in [2.45, 2.75) is 6.92 Å². The van der Waals surface area contributed by atoms with Gasteiger partial charge in [0, 0.05) is 38.5 Å². The fraction of sp³-hybridized carbons (Fsp3) is 0.300. The van der Waals surface area contributed by atoms with E-state index in [4.69, 9.17) is 9.47 Å². The number of rotatable bonds is 7. The summed E-state index contributed by atoms with van der Waals surface area (Å²) in [6, 6.07) is 12.5. The van der Waals surface area contributed by atoms with Gasteiger partial charge in [-0.1, -0.05) is 0 Å². The summed E-state index contributed by atoms with van der Waals surface area (Å²) in [7, 11) is 6.94. The topological polar surface area (TPSA) is 71.1 Å². The minimum atomic E-state index is -0.339. The van der Waals surface area contributed by atoms with Crippen LogP contribution in [0.5, 0.6) is 11.5 Å². The molecule has 27 heavy (non-hydrogen) atoms. The normalized spacial score (nSPS) is 10.1. The van der Waals surface area contributed by atoms with Crippen LogP contribution in [0.2, 0.25) is 0 Å². The molecular weight excluding hydrogens is 346 g/mol. The Labute approximate surface area is 159 Å². The molecule has 7 heteroatoms. The molecule has 0 spiro atoms. The molecule has 2 aromatic rings. The van der Waals surface area contributed by atoms with Crippen molar-refractivity contribution in [2.75, 3.05) is 50.0 Å². The van der Waals surface area contributed by atoms with E-state index in [1.165, 1.54) is 18.9 Å². The summed E-state index contributed by atoms with van der Waals surface area (Å²) in [5.41, 5.74) is 2.14. The third kappa shape index (κ3) is 5.13. The van der Waals surface area contributed by atoms with E-state index >= 15 is 0 Å². The van der Waals surface area contributed by atoms with Crippen molar-refractivity contribution in [3.8, 4) is 11.5 Å². The number of benzene rings is 2. The Bertz CT molecular complexity index is 803. The van der Waals surface area contributed by atoms with Gasteiger partial charge in [-0.15, -0.1) is 0 Å². The molecule has 2 amide bonds. The van der Waals surface area contributed by atoms with E-state index in [9.17, 15) is 9.59 Å².